The number of hydrogen-bond acceptors (Lipinski definition) is 3. The largest absolute Gasteiger partial charge is 0.369 e. The molecule has 0 aliphatic rings. The van der Waals surface area contributed by atoms with Crippen LogP contribution in [0, 0.1) is 0 Å². The zero-order valence-electron chi connectivity index (χ0n) is 11.2. The molecule has 1 aromatic rings. The van der Waals surface area contributed by atoms with Crippen molar-refractivity contribution >= 4 is 40.7 Å². The number of nitrogens with two attached hydrogens (primary N) is 1. The first-order valence-electron chi connectivity index (χ1n) is 6.61. The standard InChI is InChI=1S/C14H22Cl2N2S/c15-7-10-18(11-8-16)13-3-5-14(6-4-13)19-12-2-1-9-17/h3-6H,1-2,7-12,17H2. The zero-order chi connectivity index (χ0) is 13.9. The Balaban J connectivity index is 2.49. The van der Waals surface area contributed by atoms with Gasteiger partial charge in [0.25, 0.3) is 0 Å². The van der Waals surface area contributed by atoms with E-state index < -0.39 is 0 Å². The quantitative estimate of drug-likeness (QED) is 0.404. The third-order valence-electron chi connectivity index (χ3n) is 2.78. The maximum Gasteiger partial charge on any atom is 0.0399 e. The van der Waals surface area contributed by atoms with Gasteiger partial charge in [0.2, 0.25) is 0 Å². The molecule has 1 rings (SSSR count). The van der Waals surface area contributed by atoms with Crippen molar-refractivity contribution in [3.63, 3.8) is 0 Å². The second-order valence-corrected chi connectivity index (χ2v) is 6.13. The summed E-state index contributed by atoms with van der Waals surface area (Å²) in [5.41, 5.74) is 6.67. The highest BCUT2D eigenvalue weighted by Gasteiger charge is 2.05. The number of hydrogen-bond donors (Lipinski definition) is 1. The normalized spacial score (nSPS) is 10.7. The molecule has 0 saturated heterocycles. The molecule has 0 spiro atoms. The topological polar surface area (TPSA) is 29.3 Å². The maximum absolute atomic E-state index is 5.81. The molecule has 0 bridgehead atoms. The average Bonchev–Trinajstić information content (AvgIpc) is 2.44. The number of rotatable bonds is 10. The minimum atomic E-state index is 0.618. The van der Waals surface area contributed by atoms with Gasteiger partial charge in [0.1, 0.15) is 0 Å². The summed E-state index contributed by atoms with van der Waals surface area (Å²) in [5, 5.41) is 0. The maximum atomic E-state index is 5.81. The Kier molecular flexibility index (Phi) is 9.52. The lowest BCUT2D eigenvalue weighted by molar-refractivity contribution is 0.814. The van der Waals surface area contributed by atoms with E-state index in [4.69, 9.17) is 28.9 Å². The highest BCUT2D eigenvalue weighted by atomic mass is 35.5. The highest BCUT2D eigenvalue weighted by molar-refractivity contribution is 7.99. The van der Waals surface area contributed by atoms with Gasteiger partial charge in [-0.05, 0) is 49.4 Å². The number of nitrogens with zero attached hydrogens (tertiary/aromatic N) is 1. The predicted molar refractivity (Wildman–Crippen MR) is 89.1 cm³/mol. The minimum Gasteiger partial charge on any atom is -0.369 e. The number of alkyl halides is 2. The first kappa shape index (κ1) is 17.0. The van der Waals surface area contributed by atoms with Gasteiger partial charge in [-0.25, -0.2) is 0 Å². The molecule has 5 heteroatoms. The highest BCUT2D eigenvalue weighted by Crippen LogP contribution is 2.23. The molecule has 0 saturated carbocycles. The Morgan fingerprint density at radius 2 is 1.63 bits per heavy atom. The van der Waals surface area contributed by atoms with Crippen molar-refractivity contribution in [1.29, 1.82) is 0 Å². The van der Waals surface area contributed by atoms with E-state index in [9.17, 15) is 0 Å². The first-order valence-corrected chi connectivity index (χ1v) is 8.67. The van der Waals surface area contributed by atoms with Crippen LogP contribution in [-0.4, -0.2) is 37.1 Å². The van der Waals surface area contributed by atoms with Crippen LogP contribution >= 0.6 is 35.0 Å². The molecule has 0 aliphatic heterocycles. The van der Waals surface area contributed by atoms with Crippen LogP contribution in [0.25, 0.3) is 0 Å². The molecule has 2 nitrogen and oxygen atoms in total. The van der Waals surface area contributed by atoms with Gasteiger partial charge < -0.3 is 10.6 Å². The lowest BCUT2D eigenvalue weighted by Crippen LogP contribution is -2.27. The molecule has 0 amide bonds. The Bertz CT molecular complexity index is 327. The SMILES string of the molecule is NCCCCSc1ccc(N(CCCl)CCCl)cc1. The molecule has 0 heterocycles. The van der Waals surface area contributed by atoms with Crippen molar-refractivity contribution in [1.82, 2.24) is 0 Å². The molecular weight excluding hydrogens is 299 g/mol. The summed E-state index contributed by atoms with van der Waals surface area (Å²) in [6.45, 7) is 2.44. The molecule has 0 unspecified atom stereocenters. The third-order valence-corrected chi connectivity index (χ3v) is 4.21. The summed E-state index contributed by atoms with van der Waals surface area (Å²) < 4.78 is 0. The van der Waals surface area contributed by atoms with E-state index in [0.717, 1.165) is 31.8 Å². The van der Waals surface area contributed by atoms with Crippen LogP contribution in [-0.2, 0) is 0 Å². The molecule has 0 aromatic heterocycles. The molecule has 0 aliphatic carbocycles. The lowest BCUT2D eigenvalue weighted by Gasteiger charge is -2.22. The van der Waals surface area contributed by atoms with Crippen LogP contribution in [0.2, 0.25) is 0 Å². The monoisotopic (exact) mass is 320 g/mol. The molecule has 1 aromatic carbocycles. The molecular formula is C14H22Cl2N2S. The van der Waals surface area contributed by atoms with E-state index in [1.165, 1.54) is 17.0 Å². The van der Waals surface area contributed by atoms with Crippen molar-refractivity contribution in [2.45, 2.75) is 17.7 Å². The summed E-state index contributed by atoms with van der Waals surface area (Å²) in [4.78, 5) is 3.51. The summed E-state index contributed by atoms with van der Waals surface area (Å²) >= 11 is 13.5. The van der Waals surface area contributed by atoms with Crippen molar-refractivity contribution in [3.05, 3.63) is 24.3 Å². The number of halogens is 2. The lowest BCUT2D eigenvalue weighted by atomic mass is 10.3. The fourth-order valence-corrected chi connectivity index (χ4v) is 3.08. The summed E-state index contributed by atoms with van der Waals surface area (Å²) in [6.07, 6.45) is 2.28. The second kappa shape index (κ2) is 10.7. The molecule has 0 fully saturated rings. The van der Waals surface area contributed by atoms with Gasteiger partial charge in [-0.15, -0.1) is 35.0 Å². The number of thioether (sulfide) groups is 1. The molecule has 2 N–H and O–H groups in total. The molecule has 19 heavy (non-hydrogen) atoms. The van der Waals surface area contributed by atoms with Crippen LogP contribution in [0.5, 0.6) is 0 Å². The smallest absolute Gasteiger partial charge is 0.0399 e. The summed E-state index contributed by atoms with van der Waals surface area (Å²) in [7, 11) is 0. The van der Waals surface area contributed by atoms with Gasteiger partial charge in [-0.2, -0.15) is 0 Å². The zero-order valence-corrected chi connectivity index (χ0v) is 13.5. The van der Waals surface area contributed by atoms with Gasteiger partial charge >= 0.3 is 0 Å². The van der Waals surface area contributed by atoms with E-state index in [1.807, 2.05) is 11.8 Å². The van der Waals surface area contributed by atoms with Crippen LogP contribution in [0.3, 0.4) is 0 Å². The van der Waals surface area contributed by atoms with E-state index >= 15 is 0 Å². The summed E-state index contributed by atoms with van der Waals surface area (Å²) in [5.74, 6) is 2.36. The number of benzene rings is 1. The second-order valence-electron chi connectivity index (χ2n) is 4.20. The Morgan fingerprint density at radius 1 is 1.00 bits per heavy atom. The van der Waals surface area contributed by atoms with E-state index in [-0.39, 0.29) is 0 Å². The summed E-state index contributed by atoms with van der Waals surface area (Å²) in [6, 6.07) is 8.62. The van der Waals surface area contributed by atoms with Gasteiger partial charge in [0, 0.05) is 35.4 Å². The van der Waals surface area contributed by atoms with Crippen LogP contribution < -0.4 is 10.6 Å². The minimum absolute atomic E-state index is 0.618. The van der Waals surface area contributed by atoms with Crippen LogP contribution in [0.1, 0.15) is 12.8 Å². The van der Waals surface area contributed by atoms with Gasteiger partial charge in [-0.1, -0.05) is 0 Å². The Hall–Kier alpha value is -0.0900. The van der Waals surface area contributed by atoms with E-state index in [1.54, 1.807) is 0 Å². The third kappa shape index (κ3) is 6.75. The van der Waals surface area contributed by atoms with Crippen molar-refractivity contribution in [2.75, 3.05) is 42.0 Å². The van der Waals surface area contributed by atoms with E-state index in [0.29, 0.717) is 11.8 Å². The number of anilines is 1. The van der Waals surface area contributed by atoms with Gasteiger partial charge in [0.05, 0.1) is 0 Å². The van der Waals surface area contributed by atoms with Crippen molar-refractivity contribution in [2.24, 2.45) is 5.73 Å². The van der Waals surface area contributed by atoms with E-state index in [2.05, 4.69) is 29.2 Å². The van der Waals surface area contributed by atoms with Crippen molar-refractivity contribution < 1.29 is 0 Å². The fraction of sp³-hybridized carbons (Fsp3) is 0.571. The van der Waals surface area contributed by atoms with Crippen LogP contribution in [0.4, 0.5) is 5.69 Å². The van der Waals surface area contributed by atoms with Crippen molar-refractivity contribution in [3.8, 4) is 0 Å². The molecule has 0 atom stereocenters. The van der Waals surface area contributed by atoms with Crippen LogP contribution in [0.15, 0.2) is 29.2 Å². The number of unbranched alkanes of at least 4 members (excludes halogenated alkanes) is 1. The Labute approximate surface area is 130 Å². The Morgan fingerprint density at radius 3 is 2.16 bits per heavy atom. The van der Waals surface area contributed by atoms with Gasteiger partial charge in [-0.3, -0.25) is 0 Å². The van der Waals surface area contributed by atoms with Gasteiger partial charge in [0.15, 0.2) is 0 Å². The predicted octanol–water partition coefficient (Wildman–Crippen LogP) is 3.80. The first-order chi connectivity index (χ1) is 9.31. The molecule has 0 radical (unpaired) electrons. The average molecular weight is 321 g/mol. The fourth-order valence-electron chi connectivity index (χ4n) is 1.76. The molecule has 108 valence electrons.